The van der Waals surface area contributed by atoms with Crippen molar-refractivity contribution in [2.75, 3.05) is 20.2 Å². The molecule has 4 rings (SSSR count). The average Bonchev–Trinajstić information content (AvgIpc) is 3.20. The highest BCUT2D eigenvalue weighted by Crippen LogP contribution is 2.29. The van der Waals surface area contributed by atoms with Gasteiger partial charge in [-0.1, -0.05) is 42.5 Å². The molecule has 2 heterocycles. The van der Waals surface area contributed by atoms with Crippen LogP contribution in [0.5, 0.6) is 0 Å². The van der Waals surface area contributed by atoms with Gasteiger partial charge in [0.1, 0.15) is 0 Å². The van der Waals surface area contributed by atoms with E-state index in [1.54, 1.807) is 24.3 Å². The van der Waals surface area contributed by atoms with Gasteiger partial charge >= 0.3 is 6.09 Å². The Labute approximate surface area is 162 Å². The molecule has 0 spiro atoms. The van der Waals surface area contributed by atoms with E-state index >= 15 is 0 Å². The Morgan fingerprint density at radius 1 is 1.00 bits per heavy atom. The molecule has 1 saturated heterocycles. The van der Waals surface area contributed by atoms with Gasteiger partial charge < -0.3 is 10.1 Å². The minimum atomic E-state index is -0.576. The molecule has 144 valence electrons. The van der Waals surface area contributed by atoms with Gasteiger partial charge in [0.05, 0.1) is 30.3 Å². The zero-order valence-electron chi connectivity index (χ0n) is 15.5. The minimum absolute atomic E-state index is 0.316. The summed E-state index contributed by atoms with van der Waals surface area (Å²) >= 11 is 0. The molecule has 0 radical (unpaired) electrons. The van der Waals surface area contributed by atoms with Crippen molar-refractivity contribution in [1.82, 2.24) is 15.1 Å². The molecule has 3 amide bonds. The van der Waals surface area contributed by atoms with Crippen molar-refractivity contribution in [2.45, 2.75) is 18.6 Å². The Bertz CT molecular complexity index is 880. The summed E-state index contributed by atoms with van der Waals surface area (Å²) in [5.74, 6) is -0.632. The predicted octanol–water partition coefficient (Wildman–Crippen LogP) is 1.89. The third-order valence-corrected chi connectivity index (χ3v) is 5.26. The zero-order valence-corrected chi connectivity index (χ0v) is 15.5. The molecule has 2 atom stereocenters. The van der Waals surface area contributed by atoms with Crippen LogP contribution in [0.2, 0.25) is 0 Å². The van der Waals surface area contributed by atoms with Gasteiger partial charge in [0.2, 0.25) is 0 Å². The summed E-state index contributed by atoms with van der Waals surface area (Å²) in [5.41, 5.74) is 1.94. The Kier molecular flexibility index (Phi) is 4.83. The summed E-state index contributed by atoms with van der Waals surface area (Å²) in [5, 5.41) is 2.79. The van der Waals surface area contributed by atoms with E-state index in [9.17, 15) is 14.4 Å². The number of hydrogen-bond acceptors (Lipinski definition) is 5. The van der Waals surface area contributed by atoms with Crippen molar-refractivity contribution in [1.29, 1.82) is 0 Å². The molecule has 0 aliphatic carbocycles. The third-order valence-electron chi connectivity index (χ3n) is 5.26. The first-order valence-corrected chi connectivity index (χ1v) is 9.16. The van der Waals surface area contributed by atoms with E-state index in [4.69, 9.17) is 4.74 Å². The number of nitrogens with one attached hydrogen (secondary N) is 1. The van der Waals surface area contributed by atoms with Crippen LogP contribution in [0.4, 0.5) is 4.79 Å². The number of nitrogens with zero attached hydrogens (tertiary/aromatic N) is 2. The molecular weight excluding hydrogens is 358 g/mol. The number of imide groups is 1. The van der Waals surface area contributed by atoms with Crippen molar-refractivity contribution in [3.63, 3.8) is 0 Å². The summed E-state index contributed by atoms with van der Waals surface area (Å²) in [6.45, 7) is 1.66. The Balaban J connectivity index is 1.59. The molecule has 0 aromatic heterocycles. The number of rotatable bonds is 4. The van der Waals surface area contributed by atoms with Gasteiger partial charge in [-0.15, -0.1) is 0 Å². The van der Waals surface area contributed by atoms with Gasteiger partial charge in [-0.25, -0.2) is 4.79 Å². The normalized spacial score (nSPS) is 21.7. The number of alkyl carbamates (subject to hydrolysis) is 1. The lowest BCUT2D eigenvalue weighted by Crippen LogP contribution is -2.53. The fraction of sp³-hybridized carbons (Fsp3) is 0.286. The first-order chi connectivity index (χ1) is 13.6. The molecule has 7 nitrogen and oxygen atoms in total. The molecule has 1 N–H and O–H groups in total. The highest BCUT2D eigenvalue weighted by molar-refractivity contribution is 6.21. The minimum Gasteiger partial charge on any atom is -0.453 e. The predicted molar refractivity (Wildman–Crippen MR) is 102 cm³/mol. The van der Waals surface area contributed by atoms with Crippen LogP contribution in [0.3, 0.4) is 0 Å². The molecule has 2 aromatic rings. The highest BCUT2D eigenvalue weighted by Gasteiger charge is 2.46. The second-order valence-corrected chi connectivity index (χ2v) is 7.02. The number of likely N-dealkylation sites (tertiary alicyclic amines) is 1. The molecular formula is C21H21N3O4. The Morgan fingerprint density at radius 3 is 2.21 bits per heavy atom. The summed E-state index contributed by atoms with van der Waals surface area (Å²) < 4.78 is 4.74. The fourth-order valence-corrected chi connectivity index (χ4v) is 3.96. The van der Waals surface area contributed by atoms with Crippen molar-refractivity contribution < 1.29 is 19.1 Å². The van der Waals surface area contributed by atoms with Crippen LogP contribution < -0.4 is 5.32 Å². The Hall–Kier alpha value is -3.19. The van der Waals surface area contributed by atoms with Gasteiger partial charge in [0, 0.05) is 19.6 Å². The molecule has 2 aromatic carbocycles. The standard InChI is InChI=1S/C21H21N3O4/c1-28-21(27)22-17-12-23(11-14-7-3-2-4-8-14)13-18(17)24-19(25)15-9-5-6-10-16(15)20(24)26/h2-10,17-18H,11-13H2,1H3,(H,22,27)/t17-,18-/m0/s1. The van der Waals surface area contributed by atoms with E-state index in [2.05, 4.69) is 10.2 Å². The van der Waals surface area contributed by atoms with E-state index in [0.717, 1.165) is 5.56 Å². The van der Waals surface area contributed by atoms with E-state index < -0.39 is 18.2 Å². The molecule has 0 bridgehead atoms. The van der Waals surface area contributed by atoms with Gasteiger partial charge in [0.25, 0.3) is 11.8 Å². The van der Waals surface area contributed by atoms with Crippen molar-refractivity contribution in [3.8, 4) is 0 Å². The van der Waals surface area contributed by atoms with Crippen LogP contribution in [-0.2, 0) is 11.3 Å². The van der Waals surface area contributed by atoms with Crippen LogP contribution in [0.15, 0.2) is 54.6 Å². The maximum atomic E-state index is 12.9. The van der Waals surface area contributed by atoms with Gasteiger partial charge in [0.15, 0.2) is 0 Å². The highest BCUT2D eigenvalue weighted by atomic mass is 16.5. The SMILES string of the molecule is COC(=O)N[C@H]1CN(Cc2ccccc2)C[C@@H]1N1C(=O)c2ccccc2C1=O. The Morgan fingerprint density at radius 2 is 1.61 bits per heavy atom. The summed E-state index contributed by atoms with van der Waals surface area (Å²) in [7, 11) is 1.29. The van der Waals surface area contributed by atoms with E-state index in [0.29, 0.717) is 30.8 Å². The topological polar surface area (TPSA) is 79.0 Å². The van der Waals surface area contributed by atoms with Crippen LogP contribution in [0, 0.1) is 0 Å². The fourth-order valence-electron chi connectivity index (χ4n) is 3.96. The van der Waals surface area contributed by atoms with Crippen LogP contribution in [-0.4, -0.2) is 60.0 Å². The first-order valence-electron chi connectivity index (χ1n) is 9.16. The molecule has 2 aliphatic rings. The maximum absolute atomic E-state index is 12.9. The monoisotopic (exact) mass is 379 g/mol. The van der Waals surface area contributed by atoms with Crippen molar-refractivity contribution in [2.24, 2.45) is 0 Å². The summed E-state index contributed by atoms with van der Waals surface area (Å²) in [6, 6.07) is 15.9. The molecule has 1 fully saturated rings. The van der Waals surface area contributed by atoms with E-state index in [1.165, 1.54) is 12.0 Å². The number of methoxy groups -OCH3 is 1. The summed E-state index contributed by atoms with van der Waals surface area (Å²) in [6.07, 6.45) is -0.576. The van der Waals surface area contributed by atoms with Crippen molar-refractivity contribution >= 4 is 17.9 Å². The second kappa shape index (κ2) is 7.44. The quantitative estimate of drug-likeness (QED) is 0.821. The van der Waals surface area contributed by atoms with Gasteiger partial charge in [-0.05, 0) is 17.7 Å². The molecule has 0 saturated carbocycles. The zero-order chi connectivity index (χ0) is 19.7. The number of carbonyl (C=O) groups excluding carboxylic acids is 3. The lowest BCUT2D eigenvalue weighted by Gasteiger charge is -2.27. The largest absolute Gasteiger partial charge is 0.453 e. The average molecular weight is 379 g/mol. The number of amides is 3. The van der Waals surface area contributed by atoms with Crippen LogP contribution >= 0.6 is 0 Å². The van der Waals surface area contributed by atoms with Crippen molar-refractivity contribution in [3.05, 3.63) is 71.3 Å². The maximum Gasteiger partial charge on any atom is 0.407 e. The first kappa shape index (κ1) is 18.2. The molecule has 0 unspecified atom stereocenters. The molecule has 28 heavy (non-hydrogen) atoms. The van der Waals surface area contributed by atoms with Gasteiger partial charge in [-0.3, -0.25) is 19.4 Å². The third kappa shape index (κ3) is 3.25. The lowest BCUT2D eigenvalue weighted by atomic mass is 10.1. The number of ether oxygens (including phenoxy) is 1. The molecule has 2 aliphatic heterocycles. The lowest BCUT2D eigenvalue weighted by molar-refractivity contribution is 0.0566. The summed E-state index contributed by atoms with van der Waals surface area (Å²) in [4.78, 5) is 41.1. The smallest absolute Gasteiger partial charge is 0.407 e. The van der Waals surface area contributed by atoms with Gasteiger partial charge in [-0.2, -0.15) is 0 Å². The number of fused-ring (bicyclic) bond motifs is 1. The van der Waals surface area contributed by atoms with E-state index in [1.807, 2.05) is 30.3 Å². The number of benzene rings is 2. The number of hydrogen-bond donors (Lipinski definition) is 1. The van der Waals surface area contributed by atoms with Crippen LogP contribution in [0.25, 0.3) is 0 Å². The van der Waals surface area contributed by atoms with Crippen LogP contribution in [0.1, 0.15) is 26.3 Å². The molecule has 7 heteroatoms. The number of carbonyl (C=O) groups is 3. The van der Waals surface area contributed by atoms with E-state index in [-0.39, 0.29) is 11.8 Å². The second-order valence-electron chi connectivity index (χ2n) is 7.02.